The molecule has 0 saturated carbocycles. The lowest BCUT2D eigenvalue weighted by atomic mass is 10.1. The summed E-state index contributed by atoms with van der Waals surface area (Å²) in [7, 11) is 0. The molecule has 3 aromatic rings. The number of carbonyl (C=O) groups excluding carboxylic acids is 1. The molecule has 0 radical (unpaired) electrons. The molecule has 1 heterocycles. The van der Waals surface area contributed by atoms with E-state index in [1.165, 1.54) is 47.0 Å². The minimum atomic E-state index is -4.55. The number of halogens is 3. The molecule has 3 rings (SSSR count). The van der Waals surface area contributed by atoms with Crippen LogP contribution < -0.4 is 5.32 Å². The lowest BCUT2D eigenvalue weighted by Crippen LogP contribution is -2.15. The Morgan fingerprint density at radius 1 is 1.07 bits per heavy atom. The molecule has 0 unspecified atom stereocenters. The minimum absolute atomic E-state index is 0.0782. The van der Waals surface area contributed by atoms with Crippen LogP contribution in [0.4, 0.5) is 24.5 Å². The highest BCUT2D eigenvalue weighted by Crippen LogP contribution is 2.35. The first-order chi connectivity index (χ1) is 14.0. The molecule has 0 bridgehead atoms. The maximum absolute atomic E-state index is 13.5. The molecule has 0 aliphatic heterocycles. The van der Waals surface area contributed by atoms with Crippen LogP contribution in [-0.4, -0.2) is 15.4 Å². The maximum atomic E-state index is 13.5. The van der Waals surface area contributed by atoms with Crippen molar-refractivity contribution in [1.82, 2.24) is 4.57 Å². The van der Waals surface area contributed by atoms with Crippen LogP contribution in [0.3, 0.4) is 0 Å². The van der Waals surface area contributed by atoms with E-state index in [0.717, 1.165) is 6.07 Å². The Hall–Kier alpha value is -3.62. The number of benzene rings is 2. The van der Waals surface area contributed by atoms with Crippen molar-refractivity contribution in [3.8, 4) is 5.69 Å². The lowest BCUT2D eigenvalue weighted by Gasteiger charge is -2.17. The van der Waals surface area contributed by atoms with Gasteiger partial charge in [0.05, 0.1) is 27.4 Å². The Morgan fingerprint density at radius 3 is 2.37 bits per heavy atom. The molecule has 0 aliphatic carbocycles. The number of aromatic nitrogens is 1. The molecule has 0 spiro atoms. The molecule has 2 aromatic carbocycles. The van der Waals surface area contributed by atoms with Gasteiger partial charge >= 0.3 is 6.18 Å². The normalized spacial score (nSPS) is 11.4. The quantitative estimate of drug-likeness (QED) is 0.445. The van der Waals surface area contributed by atoms with Gasteiger partial charge in [-0.05, 0) is 44.5 Å². The zero-order valence-corrected chi connectivity index (χ0v) is 16.4. The van der Waals surface area contributed by atoms with Gasteiger partial charge in [-0.1, -0.05) is 18.2 Å². The van der Waals surface area contributed by atoms with E-state index in [2.05, 4.69) is 5.32 Å². The van der Waals surface area contributed by atoms with Gasteiger partial charge in [0.2, 0.25) is 0 Å². The van der Waals surface area contributed by atoms with Gasteiger partial charge in [0.15, 0.2) is 0 Å². The second kappa shape index (κ2) is 7.66. The standard InChI is InChI=1S/C21H18F3N3O3/c1-12-8-9-15(27(29)30)11-18(12)25-20(28)16-10-13(2)26(14(16)3)19-7-5-4-6-17(19)21(22,23)24/h4-11H,1-3H3,(H,25,28). The van der Waals surface area contributed by atoms with Crippen LogP contribution in [0.1, 0.15) is 32.9 Å². The van der Waals surface area contributed by atoms with Crippen LogP contribution in [-0.2, 0) is 6.18 Å². The summed E-state index contributed by atoms with van der Waals surface area (Å²) < 4.78 is 41.7. The van der Waals surface area contributed by atoms with Crippen LogP contribution in [0.15, 0.2) is 48.5 Å². The van der Waals surface area contributed by atoms with Crippen molar-refractivity contribution in [3.63, 3.8) is 0 Å². The molecule has 156 valence electrons. The number of nitro benzene ring substituents is 1. The van der Waals surface area contributed by atoms with Gasteiger partial charge in [-0.15, -0.1) is 0 Å². The molecule has 0 atom stereocenters. The van der Waals surface area contributed by atoms with Crippen molar-refractivity contribution < 1.29 is 22.9 Å². The number of carbonyl (C=O) groups is 1. The Labute approximate surface area is 170 Å². The van der Waals surface area contributed by atoms with Gasteiger partial charge in [0, 0.05) is 23.5 Å². The summed E-state index contributed by atoms with van der Waals surface area (Å²) in [5, 5.41) is 13.6. The molecular weight excluding hydrogens is 399 g/mol. The summed E-state index contributed by atoms with van der Waals surface area (Å²) in [6.07, 6.45) is -4.55. The molecule has 0 fully saturated rings. The van der Waals surface area contributed by atoms with E-state index in [9.17, 15) is 28.1 Å². The highest BCUT2D eigenvalue weighted by Gasteiger charge is 2.34. The summed E-state index contributed by atoms with van der Waals surface area (Å²) in [6, 6.07) is 10.7. The van der Waals surface area contributed by atoms with Crippen molar-refractivity contribution >= 4 is 17.3 Å². The first-order valence-corrected chi connectivity index (χ1v) is 8.92. The molecule has 30 heavy (non-hydrogen) atoms. The minimum Gasteiger partial charge on any atom is -0.321 e. The number of hydrogen-bond acceptors (Lipinski definition) is 3. The van der Waals surface area contributed by atoms with E-state index < -0.39 is 22.6 Å². The Balaban J connectivity index is 2.03. The zero-order valence-electron chi connectivity index (χ0n) is 16.4. The number of amides is 1. The van der Waals surface area contributed by atoms with E-state index in [4.69, 9.17) is 0 Å². The highest BCUT2D eigenvalue weighted by molar-refractivity contribution is 6.06. The third kappa shape index (κ3) is 3.91. The second-order valence-electron chi connectivity index (χ2n) is 6.85. The molecule has 0 saturated heterocycles. The Bertz CT molecular complexity index is 1150. The van der Waals surface area contributed by atoms with E-state index in [0.29, 0.717) is 17.0 Å². The summed E-state index contributed by atoms with van der Waals surface area (Å²) in [5.41, 5.74) is 0.754. The molecular formula is C21H18F3N3O3. The van der Waals surface area contributed by atoms with Crippen LogP contribution >= 0.6 is 0 Å². The predicted octanol–water partition coefficient (Wildman–Crippen LogP) is 5.58. The van der Waals surface area contributed by atoms with Crippen molar-refractivity contribution in [2.24, 2.45) is 0 Å². The molecule has 0 aliphatic rings. The van der Waals surface area contributed by atoms with Gasteiger partial charge in [-0.25, -0.2) is 0 Å². The monoisotopic (exact) mass is 417 g/mol. The molecule has 6 nitrogen and oxygen atoms in total. The average Bonchev–Trinajstić information content (AvgIpc) is 2.96. The van der Waals surface area contributed by atoms with Crippen LogP contribution in [0, 0.1) is 30.9 Å². The SMILES string of the molecule is Cc1ccc([N+](=O)[O-])cc1NC(=O)c1cc(C)n(-c2ccccc2C(F)(F)F)c1C. The number of nitro groups is 1. The van der Waals surface area contributed by atoms with Crippen LogP contribution in [0.2, 0.25) is 0 Å². The summed E-state index contributed by atoms with van der Waals surface area (Å²) >= 11 is 0. The highest BCUT2D eigenvalue weighted by atomic mass is 19.4. The Kier molecular flexibility index (Phi) is 5.39. The predicted molar refractivity (Wildman–Crippen MR) is 106 cm³/mol. The summed E-state index contributed by atoms with van der Waals surface area (Å²) in [4.78, 5) is 23.2. The number of nitrogens with one attached hydrogen (secondary N) is 1. The number of aryl methyl sites for hydroxylation is 2. The first kappa shape index (κ1) is 21.1. The molecule has 1 N–H and O–H groups in total. The third-order valence-corrected chi connectivity index (χ3v) is 4.81. The zero-order chi connectivity index (χ0) is 22.2. The summed E-state index contributed by atoms with van der Waals surface area (Å²) in [5.74, 6) is -0.567. The fourth-order valence-corrected chi connectivity index (χ4v) is 3.32. The fourth-order valence-electron chi connectivity index (χ4n) is 3.32. The van der Waals surface area contributed by atoms with Gasteiger partial charge in [-0.3, -0.25) is 14.9 Å². The number of anilines is 1. The number of hydrogen-bond donors (Lipinski definition) is 1. The molecule has 1 amide bonds. The van der Waals surface area contributed by atoms with Crippen molar-refractivity contribution in [2.45, 2.75) is 26.9 Å². The first-order valence-electron chi connectivity index (χ1n) is 8.92. The average molecular weight is 417 g/mol. The van der Waals surface area contributed by atoms with E-state index in [1.54, 1.807) is 20.8 Å². The second-order valence-corrected chi connectivity index (χ2v) is 6.85. The van der Waals surface area contributed by atoms with Crippen molar-refractivity contribution in [1.29, 1.82) is 0 Å². The number of non-ortho nitro benzene ring substituents is 1. The smallest absolute Gasteiger partial charge is 0.321 e. The molecule has 9 heteroatoms. The number of nitrogens with zero attached hydrogens (tertiary/aromatic N) is 2. The Morgan fingerprint density at radius 2 is 1.73 bits per heavy atom. The topological polar surface area (TPSA) is 77.2 Å². The largest absolute Gasteiger partial charge is 0.418 e. The fraction of sp³-hybridized carbons (Fsp3) is 0.190. The lowest BCUT2D eigenvalue weighted by molar-refractivity contribution is -0.384. The summed E-state index contributed by atoms with van der Waals surface area (Å²) in [6.45, 7) is 4.84. The van der Waals surface area contributed by atoms with E-state index in [1.807, 2.05) is 0 Å². The number of para-hydroxylation sites is 1. The van der Waals surface area contributed by atoms with Gasteiger partial charge in [0.25, 0.3) is 11.6 Å². The number of rotatable bonds is 4. The number of alkyl halides is 3. The van der Waals surface area contributed by atoms with Crippen LogP contribution in [0.25, 0.3) is 5.69 Å². The third-order valence-electron chi connectivity index (χ3n) is 4.81. The van der Waals surface area contributed by atoms with E-state index in [-0.39, 0.29) is 22.6 Å². The van der Waals surface area contributed by atoms with Gasteiger partial charge in [-0.2, -0.15) is 13.2 Å². The maximum Gasteiger partial charge on any atom is 0.418 e. The van der Waals surface area contributed by atoms with Crippen LogP contribution in [0.5, 0.6) is 0 Å². The van der Waals surface area contributed by atoms with Gasteiger partial charge in [0.1, 0.15) is 0 Å². The van der Waals surface area contributed by atoms with Crippen molar-refractivity contribution in [3.05, 3.63) is 86.7 Å². The van der Waals surface area contributed by atoms with E-state index >= 15 is 0 Å². The van der Waals surface area contributed by atoms with Crippen molar-refractivity contribution in [2.75, 3.05) is 5.32 Å². The molecule has 1 aromatic heterocycles. The van der Waals surface area contributed by atoms with Gasteiger partial charge < -0.3 is 9.88 Å².